The molecule has 0 aliphatic heterocycles. The maximum Gasteiger partial charge on any atom is 0.248 e. The highest BCUT2D eigenvalue weighted by molar-refractivity contribution is 7.31. The lowest BCUT2D eigenvalue weighted by atomic mass is 9.82. The Labute approximate surface area is 136 Å². The Balaban J connectivity index is 1.80. The molecule has 3 rings (SSSR count). The minimum absolute atomic E-state index is 0.000703. The van der Waals surface area contributed by atoms with E-state index >= 15 is 0 Å². The quantitative estimate of drug-likeness (QED) is 0.778. The highest BCUT2D eigenvalue weighted by Crippen LogP contribution is 2.39. The average Bonchev–Trinajstić information content (AvgIpc) is 2.48. The molecule has 1 unspecified atom stereocenters. The molecule has 120 valence electrons. The van der Waals surface area contributed by atoms with E-state index in [9.17, 15) is 8.78 Å². The Morgan fingerprint density at radius 2 is 2.09 bits per heavy atom. The van der Waals surface area contributed by atoms with Crippen molar-refractivity contribution in [2.75, 3.05) is 0 Å². The first-order chi connectivity index (χ1) is 11.0. The van der Waals surface area contributed by atoms with Crippen molar-refractivity contribution in [2.45, 2.75) is 38.0 Å². The van der Waals surface area contributed by atoms with Crippen LogP contribution in [0.25, 0.3) is 16.9 Å². The third-order valence-corrected chi connectivity index (χ3v) is 5.74. The van der Waals surface area contributed by atoms with E-state index in [0.29, 0.717) is 32.8 Å². The molecule has 5 heteroatoms. The zero-order chi connectivity index (χ0) is 16.4. The number of halogens is 2. The number of nitrogens with one attached hydrogen (secondary N) is 1. The molecule has 1 saturated carbocycles. The molecule has 1 aliphatic rings. The smallest absolute Gasteiger partial charge is 0.248 e. The monoisotopic (exact) mass is 332 g/mol. The van der Waals surface area contributed by atoms with Crippen LogP contribution in [0.3, 0.4) is 0 Å². The van der Waals surface area contributed by atoms with E-state index in [1.54, 1.807) is 6.08 Å². The van der Waals surface area contributed by atoms with Gasteiger partial charge in [0.1, 0.15) is 11.8 Å². The standard InChI is InChI=1S/C18H19F2N2P/c1-2-12-7-14(8-13-3-5-18(19,20)6-4-13)10-15(9-12)17-16(11-21)22-23-17/h2,7,9-10,13,22-23H,1,3-6,8H2. The Bertz CT molecular complexity index is 741. The van der Waals surface area contributed by atoms with Crippen LogP contribution < -0.4 is 0 Å². The van der Waals surface area contributed by atoms with Crippen LogP contribution in [0.5, 0.6) is 0 Å². The minimum atomic E-state index is -2.48. The normalized spacial score (nSPS) is 18.1. The van der Waals surface area contributed by atoms with Crippen molar-refractivity contribution in [2.24, 2.45) is 5.92 Å². The number of benzene rings is 1. The number of nitrogens with zero attached hydrogens (tertiary/aromatic N) is 1. The second-order valence-electron chi connectivity index (χ2n) is 6.28. The van der Waals surface area contributed by atoms with E-state index in [0.717, 1.165) is 28.4 Å². The Kier molecular flexibility index (Phi) is 4.41. The van der Waals surface area contributed by atoms with Gasteiger partial charge in [-0.25, -0.2) is 8.78 Å². The molecule has 0 saturated heterocycles. The highest BCUT2D eigenvalue weighted by Gasteiger charge is 2.34. The van der Waals surface area contributed by atoms with Gasteiger partial charge in [0.15, 0.2) is 0 Å². The van der Waals surface area contributed by atoms with Gasteiger partial charge in [-0.15, -0.1) is 0 Å². The van der Waals surface area contributed by atoms with Crippen LogP contribution in [0, 0.1) is 17.2 Å². The van der Waals surface area contributed by atoms with Crippen LogP contribution in [0.2, 0.25) is 0 Å². The number of hydrogen-bond donors (Lipinski definition) is 1. The van der Waals surface area contributed by atoms with Gasteiger partial charge in [0.25, 0.3) is 0 Å². The van der Waals surface area contributed by atoms with E-state index in [1.165, 1.54) is 0 Å². The molecule has 1 heterocycles. The maximum absolute atomic E-state index is 13.3. The first-order valence-corrected chi connectivity index (χ1v) is 8.82. The van der Waals surface area contributed by atoms with Gasteiger partial charge in [-0.3, -0.25) is 0 Å². The summed E-state index contributed by atoms with van der Waals surface area (Å²) in [6, 6.07) is 8.37. The summed E-state index contributed by atoms with van der Waals surface area (Å²) in [5.41, 5.74) is 3.84. The molecular weight excluding hydrogens is 313 g/mol. The van der Waals surface area contributed by atoms with E-state index in [-0.39, 0.29) is 12.8 Å². The van der Waals surface area contributed by atoms with Crippen LogP contribution in [0.1, 0.15) is 42.5 Å². The molecule has 1 aromatic carbocycles. The topological polar surface area (TPSA) is 39.6 Å². The largest absolute Gasteiger partial charge is 0.338 e. The summed E-state index contributed by atoms with van der Waals surface area (Å²) in [6.45, 7) is 3.83. The summed E-state index contributed by atoms with van der Waals surface area (Å²) >= 11 is 0. The Morgan fingerprint density at radius 1 is 1.35 bits per heavy atom. The number of hydrogen-bond acceptors (Lipinski definition) is 1. The zero-order valence-corrected chi connectivity index (χ0v) is 13.8. The molecule has 1 N–H and O–H groups in total. The predicted molar refractivity (Wildman–Crippen MR) is 91.1 cm³/mol. The Hall–Kier alpha value is -1.85. The number of alkyl halides is 2. The lowest BCUT2D eigenvalue weighted by Crippen LogP contribution is -2.25. The first-order valence-electron chi connectivity index (χ1n) is 7.82. The van der Waals surface area contributed by atoms with Crippen molar-refractivity contribution in [3.05, 3.63) is 41.6 Å². The first kappa shape index (κ1) is 16.0. The number of H-pyrrole nitrogens is 1. The molecule has 0 bridgehead atoms. The highest BCUT2D eigenvalue weighted by atomic mass is 31.0. The average molecular weight is 332 g/mol. The summed E-state index contributed by atoms with van der Waals surface area (Å²) in [7, 11) is 0.445. The van der Waals surface area contributed by atoms with E-state index < -0.39 is 5.92 Å². The van der Waals surface area contributed by atoms with Gasteiger partial charge in [-0.1, -0.05) is 33.1 Å². The molecule has 2 aromatic rings. The van der Waals surface area contributed by atoms with Gasteiger partial charge in [-0.2, -0.15) is 5.26 Å². The molecule has 2 nitrogen and oxygen atoms in total. The Morgan fingerprint density at radius 3 is 2.65 bits per heavy atom. The summed E-state index contributed by atoms with van der Waals surface area (Å²) in [5, 5.41) is 10.1. The summed E-state index contributed by atoms with van der Waals surface area (Å²) in [5.74, 6) is -2.16. The van der Waals surface area contributed by atoms with Gasteiger partial charge in [0.2, 0.25) is 5.92 Å². The lowest BCUT2D eigenvalue weighted by Gasteiger charge is -2.28. The molecule has 0 spiro atoms. The predicted octanol–water partition coefficient (Wildman–Crippen LogP) is 5.60. The lowest BCUT2D eigenvalue weighted by molar-refractivity contribution is -0.0456. The summed E-state index contributed by atoms with van der Waals surface area (Å²) < 4.78 is 29.6. The minimum Gasteiger partial charge on any atom is -0.338 e. The maximum atomic E-state index is 13.3. The zero-order valence-electron chi connectivity index (χ0n) is 12.8. The third kappa shape index (κ3) is 3.57. The van der Waals surface area contributed by atoms with Crippen LogP contribution in [0.15, 0.2) is 24.8 Å². The molecule has 23 heavy (non-hydrogen) atoms. The fraction of sp³-hybridized carbons (Fsp3) is 0.389. The van der Waals surface area contributed by atoms with E-state index in [2.05, 4.69) is 29.5 Å². The SMILES string of the molecule is C=Cc1cc(CC2CCC(F)(F)CC2)cc(-c2[pH][nH]c2C#N)c1. The van der Waals surface area contributed by atoms with Crippen LogP contribution >= 0.6 is 8.35 Å². The van der Waals surface area contributed by atoms with Crippen molar-refractivity contribution in [1.82, 2.24) is 4.75 Å². The van der Waals surface area contributed by atoms with Crippen molar-refractivity contribution < 1.29 is 8.78 Å². The summed E-state index contributed by atoms with van der Waals surface area (Å²) in [6.07, 6.45) is 3.77. The van der Waals surface area contributed by atoms with Crippen molar-refractivity contribution in [3.8, 4) is 16.9 Å². The second kappa shape index (κ2) is 6.34. The second-order valence-corrected chi connectivity index (χ2v) is 7.28. The van der Waals surface area contributed by atoms with Crippen LogP contribution in [-0.4, -0.2) is 10.7 Å². The van der Waals surface area contributed by atoms with Gasteiger partial charge in [0, 0.05) is 18.1 Å². The fourth-order valence-corrected chi connectivity index (χ4v) is 4.00. The van der Waals surface area contributed by atoms with Crippen molar-refractivity contribution >= 4 is 14.4 Å². The van der Waals surface area contributed by atoms with Crippen molar-refractivity contribution in [3.63, 3.8) is 0 Å². The number of aromatic nitrogens is 1. The van der Waals surface area contributed by atoms with E-state index in [1.807, 2.05) is 6.07 Å². The molecule has 1 aromatic heterocycles. The fourth-order valence-electron chi connectivity index (χ4n) is 3.22. The summed E-state index contributed by atoms with van der Waals surface area (Å²) in [4.78, 5) is 0. The van der Waals surface area contributed by atoms with Gasteiger partial charge in [-0.05, 0) is 47.9 Å². The van der Waals surface area contributed by atoms with Crippen LogP contribution in [-0.2, 0) is 6.42 Å². The van der Waals surface area contributed by atoms with Gasteiger partial charge in [0.05, 0.1) is 0 Å². The molecule has 0 amide bonds. The number of nitriles is 1. The third-order valence-electron chi connectivity index (χ3n) is 4.57. The number of aromatic amines is 1. The molecular formula is C18H19F2N2P. The van der Waals surface area contributed by atoms with Gasteiger partial charge < -0.3 is 4.75 Å². The van der Waals surface area contributed by atoms with Gasteiger partial charge >= 0.3 is 0 Å². The van der Waals surface area contributed by atoms with E-state index in [4.69, 9.17) is 5.26 Å². The molecule has 0 radical (unpaired) electrons. The number of rotatable bonds is 4. The molecule has 1 fully saturated rings. The molecule has 1 atom stereocenters. The molecule has 1 aliphatic carbocycles. The van der Waals surface area contributed by atoms with Crippen molar-refractivity contribution in [1.29, 1.82) is 5.26 Å². The van der Waals surface area contributed by atoms with Crippen LogP contribution in [0.4, 0.5) is 8.78 Å².